The van der Waals surface area contributed by atoms with Crippen molar-refractivity contribution in [3.05, 3.63) is 385 Å². The molecule has 722 valence electrons. The van der Waals surface area contributed by atoms with Crippen molar-refractivity contribution in [2.75, 3.05) is 0 Å². The van der Waals surface area contributed by atoms with Crippen molar-refractivity contribution in [1.82, 2.24) is 70.0 Å². The molecule has 10 heterocycles. The molecule has 0 fully saturated rings. The van der Waals surface area contributed by atoms with Crippen LogP contribution in [-0.2, 0) is 70.4 Å². The maximum Gasteiger partial charge on any atom is 0.216 e. The Kier molecular flexibility index (Phi) is 51.9. The summed E-state index contributed by atoms with van der Waals surface area (Å²) in [5, 5.41) is 7.80. The van der Waals surface area contributed by atoms with Gasteiger partial charge in [0.15, 0.2) is 0 Å². The van der Waals surface area contributed by atoms with Crippen LogP contribution in [0.2, 0.25) is 0 Å². The predicted octanol–water partition coefficient (Wildman–Crippen LogP) is 31.2. The highest BCUT2D eigenvalue weighted by Gasteiger charge is 2.23. The number of aromatic nitrogens is 14. The lowest BCUT2D eigenvalue weighted by Crippen LogP contribution is -2.14. The van der Waals surface area contributed by atoms with Crippen LogP contribution in [-0.4, -0.2) is 70.0 Å². The molecule has 0 unspecified atom stereocenters. The second kappa shape index (κ2) is 56.7. The summed E-state index contributed by atoms with van der Waals surface area (Å²) in [7, 11) is 0. The normalized spacial score (nSPS) is 11.4. The third-order valence-electron chi connectivity index (χ3n) is 19.1. The fourth-order valence-electron chi connectivity index (χ4n) is 10.7. The fraction of sp³-hybridized carbons (Fsp3) is 0.453. The highest BCUT2D eigenvalue weighted by molar-refractivity contribution is 5.27. The van der Waals surface area contributed by atoms with Gasteiger partial charge >= 0.3 is 0 Å². The van der Waals surface area contributed by atoms with Crippen molar-refractivity contribution < 1.29 is 8.78 Å². The van der Waals surface area contributed by atoms with E-state index >= 15 is 0 Å². The molecule has 0 atom stereocenters. The Morgan fingerprint density at radius 2 is 0.451 bits per heavy atom. The molecule has 0 saturated carbocycles. The molecule has 0 aliphatic rings. The molecule has 16 heteroatoms. The minimum Gasteiger partial charge on any atom is -0.264 e. The molecule has 14 nitrogen and oxygen atoms in total. The Morgan fingerprint density at radius 1 is 0.180 bits per heavy atom. The smallest absolute Gasteiger partial charge is 0.216 e. The van der Waals surface area contributed by atoms with Gasteiger partial charge in [0.1, 0.15) is 11.6 Å². The van der Waals surface area contributed by atoms with E-state index in [9.17, 15) is 8.78 Å². The van der Waals surface area contributed by atoms with Gasteiger partial charge in [0.05, 0.1) is 17.1 Å². The first kappa shape index (κ1) is 122. The van der Waals surface area contributed by atoms with E-state index in [0.29, 0.717) is 16.4 Å². The van der Waals surface area contributed by atoms with Crippen LogP contribution in [0.4, 0.5) is 8.78 Å². The zero-order valence-electron chi connectivity index (χ0n) is 88.3. The highest BCUT2D eigenvalue weighted by Crippen LogP contribution is 2.29. The summed E-state index contributed by atoms with van der Waals surface area (Å²) in [5.41, 5.74) is 15.1. The number of nitrogens with zero attached hydrogens (tertiary/aromatic N) is 14. The molecule has 0 bridgehead atoms. The van der Waals surface area contributed by atoms with E-state index in [-0.39, 0.29) is 78.8 Å². The maximum atomic E-state index is 13.1. The van der Waals surface area contributed by atoms with Crippen LogP contribution in [0.1, 0.15) is 351 Å². The summed E-state index contributed by atoms with van der Waals surface area (Å²) in [6.07, 6.45) is 30.1. The predicted molar refractivity (Wildman–Crippen MR) is 563 cm³/mol. The molecule has 0 aliphatic heterocycles. The lowest BCUT2D eigenvalue weighted by atomic mass is 9.87. The molecule has 0 spiro atoms. The number of halogens is 2. The first-order valence-corrected chi connectivity index (χ1v) is 45.8. The lowest BCUT2D eigenvalue weighted by Gasteiger charge is -2.19. The van der Waals surface area contributed by atoms with E-state index in [1.807, 2.05) is 151 Å². The Hall–Kier alpha value is -11.3. The summed E-state index contributed by atoms with van der Waals surface area (Å²) in [5.74, 6) is 0.426. The van der Waals surface area contributed by atoms with Gasteiger partial charge < -0.3 is 0 Å². The largest absolute Gasteiger partial charge is 0.264 e. The van der Waals surface area contributed by atoms with Gasteiger partial charge in [-0.1, -0.05) is 393 Å². The number of pyridine rings is 6. The maximum absolute atomic E-state index is 13.1. The van der Waals surface area contributed by atoms with Crippen molar-refractivity contribution in [3.8, 4) is 0 Å². The van der Waals surface area contributed by atoms with E-state index in [4.69, 9.17) is 0 Å². The third-order valence-corrected chi connectivity index (χ3v) is 19.1. The van der Waals surface area contributed by atoms with E-state index in [0.717, 1.165) is 45.6 Å². The van der Waals surface area contributed by atoms with Gasteiger partial charge in [-0.25, -0.2) is 19.3 Å². The van der Waals surface area contributed by atoms with E-state index < -0.39 is 0 Å². The number of rotatable bonds is 0. The molecule has 0 radical (unpaired) electrons. The first-order chi connectivity index (χ1) is 60.7. The van der Waals surface area contributed by atoms with Gasteiger partial charge in [-0.3, -0.25) is 44.9 Å². The molecule has 0 saturated heterocycles. The van der Waals surface area contributed by atoms with Gasteiger partial charge in [0.2, 0.25) is 5.95 Å². The van der Waals surface area contributed by atoms with Crippen LogP contribution in [0.3, 0.4) is 0 Å². The van der Waals surface area contributed by atoms with Crippen molar-refractivity contribution in [3.63, 3.8) is 0 Å². The Bertz CT molecular complexity index is 4090. The summed E-state index contributed by atoms with van der Waals surface area (Å²) < 4.78 is 26.1. The monoisotopic (exact) mass is 1810 g/mol. The standard InChI is InChI=1S/C10H13F.2C10H14.C9H12FN.5C9H13N.4C8H12N2.CH4/c1-10(2,3)8-6-4-5-7-9(8)11;2*1-10(2,3)9-7-5-4-6-8-9;1-9(2,3)7-5-4-6-11-8(7)10;2*1-9(2,3)8-5-4-6-10-7-8;3*1-9(2,3)8-6-4-5-7-10-8;2*1-8(2,3)7-6-9-4-5-10-7;1-8(2,3)7-9-5-4-6-10-7;1-8(2,3)7-5-4-6-9-10-7;/h4-7H,1-3H3;2*4-8H,1-3H3;4-6H,1-3H3;5*4-7H,1-3H3;4*4-6H,1-3H3;1H4. The van der Waals surface area contributed by atoms with Crippen LogP contribution in [0, 0.1) is 11.8 Å². The van der Waals surface area contributed by atoms with Crippen LogP contribution >= 0.6 is 0 Å². The third kappa shape index (κ3) is 54.5. The molecular formula is C117H170F2N14. The molecule has 13 aromatic rings. The molecule has 133 heavy (non-hydrogen) atoms. The van der Waals surface area contributed by atoms with Gasteiger partial charge in [0, 0.05) is 166 Å². The quantitative estimate of drug-likeness (QED) is 0.131. The van der Waals surface area contributed by atoms with Crippen molar-refractivity contribution >= 4 is 0 Å². The highest BCUT2D eigenvalue weighted by atomic mass is 19.1. The van der Waals surface area contributed by atoms with Crippen LogP contribution in [0.15, 0.2) is 299 Å². The van der Waals surface area contributed by atoms with E-state index in [1.165, 1.54) is 34.5 Å². The van der Waals surface area contributed by atoms with Crippen molar-refractivity contribution in [2.45, 2.75) is 348 Å². The van der Waals surface area contributed by atoms with Gasteiger partial charge in [-0.05, 0) is 139 Å². The molecule has 0 N–H and O–H groups in total. The molecular weight excluding hydrogens is 1640 g/mol. The molecule has 3 aromatic carbocycles. The second-order valence-corrected chi connectivity index (χ2v) is 45.3. The average Bonchev–Trinajstić information content (AvgIpc) is 0.843. The molecule has 0 aliphatic carbocycles. The number of benzene rings is 3. The number of hydrogen-bond acceptors (Lipinski definition) is 14. The molecule has 10 aromatic heterocycles. The fourth-order valence-corrected chi connectivity index (χ4v) is 10.7. The first-order valence-electron chi connectivity index (χ1n) is 45.8. The Labute approximate surface area is 806 Å². The van der Waals surface area contributed by atoms with Gasteiger partial charge in [0.25, 0.3) is 0 Å². The molecule has 13 rings (SSSR count). The summed E-state index contributed by atoms with van der Waals surface area (Å²) in [6.45, 7) is 83.2. The van der Waals surface area contributed by atoms with Crippen LogP contribution < -0.4 is 0 Å². The topological polar surface area (TPSA) is 180 Å². The molecule has 0 amide bonds. The lowest BCUT2D eigenvalue weighted by molar-refractivity contribution is 0.499. The Morgan fingerprint density at radius 3 is 0.647 bits per heavy atom. The summed E-state index contributed by atoms with van der Waals surface area (Å²) >= 11 is 0. The SMILES string of the molecule is C.CC(C)(C)c1ccccc1.CC(C)(C)c1ccccc1.CC(C)(C)c1ccccc1F.CC(C)(C)c1ccccn1.CC(C)(C)c1ccccn1.CC(C)(C)c1ccccn1.CC(C)(C)c1cccnc1.CC(C)(C)c1cccnc1.CC(C)(C)c1cccnc1F.CC(C)(C)c1cccnn1.CC(C)(C)c1cnccn1.CC(C)(C)c1cnccn1.CC(C)(C)c1ncccn1. The average molecular weight is 1810 g/mol. The van der Waals surface area contributed by atoms with Crippen molar-refractivity contribution in [2.24, 2.45) is 0 Å². The van der Waals surface area contributed by atoms with E-state index in [1.54, 1.807) is 86.4 Å². The van der Waals surface area contributed by atoms with Crippen LogP contribution in [0.25, 0.3) is 0 Å². The van der Waals surface area contributed by atoms with Gasteiger partial charge in [-0.15, -0.1) is 0 Å². The Balaban J connectivity index is 0.00000142. The minimum atomic E-state index is -0.361. The van der Waals surface area contributed by atoms with Crippen molar-refractivity contribution in [1.29, 1.82) is 0 Å². The van der Waals surface area contributed by atoms with Crippen LogP contribution in [0.5, 0.6) is 0 Å². The number of hydrogen-bond donors (Lipinski definition) is 0. The zero-order chi connectivity index (χ0) is 101. The summed E-state index contributed by atoms with van der Waals surface area (Å²) in [4.78, 5) is 49.1. The zero-order valence-corrected chi connectivity index (χ0v) is 88.3. The minimum absolute atomic E-state index is 0. The van der Waals surface area contributed by atoms with E-state index in [2.05, 4.69) is 389 Å². The second-order valence-electron chi connectivity index (χ2n) is 45.3. The summed E-state index contributed by atoms with van der Waals surface area (Å²) in [6, 6.07) is 63.5. The van der Waals surface area contributed by atoms with Gasteiger partial charge in [-0.2, -0.15) is 14.6 Å².